The van der Waals surface area contributed by atoms with Gasteiger partial charge in [0.05, 0.1) is 5.54 Å². The highest BCUT2D eigenvalue weighted by atomic mass is 35.5. The van der Waals surface area contributed by atoms with Crippen LogP contribution < -0.4 is 10.1 Å². The Kier molecular flexibility index (Phi) is 3.41. The van der Waals surface area contributed by atoms with Gasteiger partial charge in [-0.1, -0.05) is 23.7 Å². The molecule has 24 heavy (non-hydrogen) atoms. The van der Waals surface area contributed by atoms with Crippen LogP contribution in [0, 0.1) is 0 Å². The van der Waals surface area contributed by atoms with Gasteiger partial charge in [-0.05, 0) is 56.2 Å². The Balaban J connectivity index is 2.01. The number of hydrogen-bond acceptors (Lipinski definition) is 3. The molecule has 2 aliphatic heterocycles. The van der Waals surface area contributed by atoms with E-state index in [0.717, 1.165) is 33.7 Å². The van der Waals surface area contributed by atoms with E-state index in [2.05, 4.69) is 44.3 Å². The summed E-state index contributed by atoms with van der Waals surface area (Å²) in [5.74, 6) is 0.796. The topological polar surface area (TPSA) is 30.5 Å². The molecular weight excluding hydrogens is 322 g/mol. The number of rotatable bonds is 1. The van der Waals surface area contributed by atoms with Crippen LogP contribution in [-0.2, 0) is 4.74 Å². The maximum absolute atomic E-state index is 6.21. The molecule has 4 heteroatoms. The smallest absolute Gasteiger partial charge is 0.227 e. The molecule has 1 N–H and O–H groups in total. The van der Waals surface area contributed by atoms with Crippen LogP contribution in [0.2, 0.25) is 5.02 Å². The SMILES string of the molecule is CO[C@@H]1Oc2ccc(Cl)cc2-c2ccc3c(c21)C(C)=CC(C)(C)N3. The molecule has 4 rings (SSSR count). The fourth-order valence-electron chi connectivity index (χ4n) is 3.78. The molecule has 0 radical (unpaired) electrons. The van der Waals surface area contributed by atoms with Gasteiger partial charge in [0.2, 0.25) is 6.29 Å². The summed E-state index contributed by atoms with van der Waals surface area (Å²) in [7, 11) is 1.67. The first-order chi connectivity index (χ1) is 11.4. The molecule has 0 fully saturated rings. The molecule has 0 saturated heterocycles. The fourth-order valence-corrected chi connectivity index (χ4v) is 3.95. The number of fused-ring (bicyclic) bond motifs is 5. The number of benzene rings is 2. The molecule has 0 saturated carbocycles. The van der Waals surface area contributed by atoms with Crippen LogP contribution in [0.15, 0.2) is 36.4 Å². The van der Waals surface area contributed by atoms with E-state index in [-0.39, 0.29) is 5.54 Å². The Bertz CT molecular complexity index is 870. The van der Waals surface area contributed by atoms with E-state index in [1.165, 1.54) is 5.57 Å². The van der Waals surface area contributed by atoms with Crippen molar-refractivity contribution in [2.45, 2.75) is 32.6 Å². The third-order valence-corrected chi connectivity index (χ3v) is 4.82. The van der Waals surface area contributed by atoms with Gasteiger partial charge in [-0.2, -0.15) is 0 Å². The lowest BCUT2D eigenvalue weighted by atomic mass is 9.84. The first-order valence-corrected chi connectivity index (χ1v) is 8.42. The number of nitrogens with one attached hydrogen (secondary N) is 1. The molecule has 1 atom stereocenters. The highest BCUT2D eigenvalue weighted by molar-refractivity contribution is 6.31. The van der Waals surface area contributed by atoms with Gasteiger partial charge in [0.1, 0.15) is 5.75 Å². The average Bonchev–Trinajstić information content (AvgIpc) is 2.52. The minimum absolute atomic E-state index is 0.0787. The lowest BCUT2D eigenvalue weighted by molar-refractivity contribution is -0.0579. The van der Waals surface area contributed by atoms with Crippen molar-refractivity contribution in [1.82, 2.24) is 0 Å². The van der Waals surface area contributed by atoms with Crippen LogP contribution in [0.1, 0.15) is 38.2 Å². The normalized spacial score (nSPS) is 20.0. The summed E-state index contributed by atoms with van der Waals surface area (Å²) in [6, 6.07) is 9.95. The number of anilines is 1. The Hall–Kier alpha value is -1.97. The van der Waals surface area contributed by atoms with Crippen LogP contribution in [0.25, 0.3) is 16.7 Å². The van der Waals surface area contributed by atoms with Gasteiger partial charge in [0.25, 0.3) is 0 Å². The van der Waals surface area contributed by atoms with Crippen molar-refractivity contribution in [2.24, 2.45) is 0 Å². The molecule has 0 bridgehead atoms. The minimum atomic E-state index is -0.435. The Labute approximate surface area is 147 Å². The van der Waals surface area contributed by atoms with Crippen molar-refractivity contribution in [3.8, 4) is 16.9 Å². The lowest BCUT2D eigenvalue weighted by Crippen LogP contribution is -2.32. The molecule has 2 aliphatic rings. The van der Waals surface area contributed by atoms with Crippen molar-refractivity contribution in [1.29, 1.82) is 0 Å². The maximum atomic E-state index is 6.21. The van der Waals surface area contributed by atoms with Crippen LogP contribution >= 0.6 is 11.6 Å². The van der Waals surface area contributed by atoms with Gasteiger partial charge >= 0.3 is 0 Å². The van der Waals surface area contributed by atoms with Crippen molar-refractivity contribution in [3.63, 3.8) is 0 Å². The molecule has 0 aromatic heterocycles. The zero-order chi connectivity index (χ0) is 17.1. The van der Waals surface area contributed by atoms with Gasteiger partial charge in [-0.3, -0.25) is 0 Å². The van der Waals surface area contributed by atoms with Gasteiger partial charge < -0.3 is 14.8 Å². The zero-order valence-corrected chi connectivity index (χ0v) is 15.0. The van der Waals surface area contributed by atoms with Crippen molar-refractivity contribution in [2.75, 3.05) is 12.4 Å². The predicted molar refractivity (Wildman–Crippen MR) is 98.6 cm³/mol. The van der Waals surface area contributed by atoms with Crippen LogP contribution in [0.3, 0.4) is 0 Å². The number of hydrogen-bond donors (Lipinski definition) is 1. The van der Waals surface area contributed by atoms with E-state index in [9.17, 15) is 0 Å². The second-order valence-corrected chi connectivity index (χ2v) is 7.39. The van der Waals surface area contributed by atoms with Gasteiger partial charge in [-0.25, -0.2) is 0 Å². The number of ether oxygens (including phenoxy) is 2. The third-order valence-electron chi connectivity index (χ3n) is 4.59. The summed E-state index contributed by atoms with van der Waals surface area (Å²) < 4.78 is 11.8. The largest absolute Gasteiger partial charge is 0.460 e. The zero-order valence-electron chi connectivity index (χ0n) is 14.2. The number of methoxy groups -OCH3 is 1. The summed E-state index contributed by atoms with van der Waals surface area (Å²) >= 11 is 6.21. The monoisotopic (exact) mass is 341 g/mol. The molecular formula is C20H20ClNO2. The summed E-state index contributed by atoms with van der Waals surface area (Å²) in [4.78, 5) is 0. The minimum Gasteiger partial charge on any atom is -0.460 e. The Morgan fingerprint density at radius 2 is 1.96 bits per heavy atom. The third kappa shape index (κ3) is 2.31. The van der Waals surface area contributed by atoms with E-state index in [1.54, 1.807) is 7.11 Å². The van der Waals surface area contributed by atoms with Crippen molar-refractivity contribution >= 4 is 22.9 Å². The van der Waals surface area contributed by atoms with Crippen molar-refractivity contribution in [3.05, 3.63) is 52.6 Å². The fraction of sp³-hybridized carbons (Fsp3) is 0.300. The predicted octanol–water partition coefficient (Wildman–Crippen LogP) is 5.65. The highest BCUT2D eigenvalue weighted by Gasteiger charge is 2.33. The van der Waals surface area contributed by atoms with Gasteiger partial charge in [0, 0.05) is 34.5 Å². The van der Waals surface area contributed by atoms with Gasteiger partial charge in [0.15, 0.2) is 0 Å². The highest BCUT2D eigenvalue weighted by Crippen LogP contribution is 2.49. The molecule has 0 spiro atoms. The van der Waals surface area contributed by atoms with Crippen LogP contribution in [0.5, 0.6) is 5.75 Å². The lowest BCUT2D eigenvalue weighted by Gasteiger charge is -2.36. The van der Waals surface area contributed by atoms with Crippen LogP contribution in [-0.4, -0.2) is 12.6 Å². The number of halogens is 1. The Morgan fingerprint density at radius 1 is 1.17 bits per heavy atom. The first-order valence-electron chi connectivity index (χ1n) is 8.04. The van der Waals surface area contributed by atoms with E-state index in [1.807, 2.05) is 18.2 Å². The molecule has 2 aromatic rings. The quantitative estimate of drug-likeness (QED) is 0.726. The second-order valence-electron chi connectivity index (χ2n) is 6.95. The number of allylic oxidation sites excluding steroid dienone is 1. The van der Waals surface area contributed by atoms with Crippen molar-refractivity contribution < 1.29 is 9.47 Å². The summed E-state index contributed by atoms with van der Waals surface area (Å²) in [5, 5.41) is 4.28. The van der Waals surface area contributed by atoms with E-state index in [0.29, 0.717) is 5.02 Å². The molecule has 2 heterocycles. The van der Waals surface area contributed by atoms with E-state index in [4.69, 9.17) is 21.1 Å². The van der Waals surface area contributed by atoms with Gasteiger partial charge in [-0.15, -0.1) is 0 Å². The Morgan fingerprint density at radius 3 is 2.71 bits per heavy atom. The summed E-state index contributed by atoms with van der Waals surface area (Å²) in [6.07, 6.45) is 1.81. The standard InChI is InChI=1S/C20H20ClNO2/c1-11-10-20(2,3)22-15-7-6-13-14-9-12(21)5-8-16(14)24-19(23-4)18(13)17(11)15/h5-10,19,22H,1-4H3/t19-/m1/s1. The molecule has 2 aromatic carbocycles. The first kappa shape index (κ1) is 15.6. The summed E-state index contributed by atoms with van der Waals surface area (Å²) in [6.45, 7) is 6.47. The molecule has 0 unspecified atom stereocenters. The summed E-state index contributed by atoms with van der Waals surface area (Å²) in [5.41, 5.74) is 6.58. The van der Waals surface area contributed by atoms with E-state index < -0.39 is 6.29 Å². The van der Waals surface area contributed by atoms with Crippen LogP contribution in [0.4, 0.5) is 5.69 Å². The van der Waals surface area contributed by atoms with E-state index >= 15 is 0 Å². The second kappa shape index (κ2) is 5.27. The maximum Gasteiger partial charge on any atom is 0.227 e. The molecule has 0 amide bonds. The molecule has 124 valence electrons. The average molecular weight is 342 g/mol. The molecule has 3 nitrogen and oxygen atoms in total. The molecule has 0 aliphatic carbocycles.